The van der Waals surface area contributed by atoms with Crippen LogP contribution in [0.25, 0.3) is 5.82 Å². The summed E-state index contributed by atoms with van der Waals surface area (Å²) in [6.07, 6.45) is 9.42. The van der Waals surface area contributed by atoms with Gasteiger partial charge in [0.05, 0.1) is 23.1 Å². The van der Waals surface area contributed by atoms with Crippen LogP contribution in [0, 0.1) is 17.8 Å². The minimum Gasteiger partial charge on any atom is -0.390 e. The minimum atomic E-state index is -0.476. The van der Waals surface area contributed by atoms with Crippen LogP contribution in [0.2, 0.25) is 0 Å². The van der Waals surface area contributed by atoms with Crippen LogP contribution >= 0.6 is 0 Å². The lowest BCUT2D eigenvalue weighted by Gasteiger charge is -2.60. The molecule has 4 fully saturated rings. The summed E-state index contributed by atoms with van der Waals surface area (Å²) < 4.78 is 1.86. The highest BCUT2D eigenvalue weighted by molar-refractivity contribution is 5.96. The maximum atomic E-state index is 13.9. The van der Waals surface area contributed by atoms with Gasteiger partial charge in [-0.3, -0.25) is 4.79 Å². The van der Waals surface area contributed by atoms with Crippen molar-refractivity contribution in [2.24, 2.45) is 17.8 Å². The van der Waals surface area contributed by atoms with Crippen molar-refractivity contribution in [2.45, 2.75) is 69.4 Å². The molecule has 1 aliphatic heterocycles. The molecule has 4 saturated carbocycles. The Kier molecular flexibility index (Phi) is 3.81. The number of pyridine rings is 1. The van der Waals surface area contributed by atoms with E-state index in [2.05, 4.69) is 28.8 Å². The van der Waals surface area contributed by atoms with E-state index in [-0.39, 0.29) is 17.4 Å². The summed E-state index contributed by atoms with van der Waals surface area (Å²) >= 11 is 0. The van der Waals surface area contributed by atoms with Gasteiger partial charge >= 0.3 is 0 Å². The number of amides is 1. The molecule has 1 N–H and O–H groups in total. The molecule has 3 unspecified atom stereocenters. The molecule has 1 amide bonds. The van der Waals surface area contributed by atoms with E-state index in [1.807, 2.05) is 22.9 Å². The van der Waals surface area contributed by atoms with Crippen LogP contribution < -0.4 is 0 Å². The molecule has 5 aliphatic rings. The van der Waals surface area contributed by atoms with Gasteiger partial charge in [-0.1, -0.05) is 19.9 Å². The van der Waals surface area contributed by atoms with Gasteiger partial charge in [0.25, 0.3) is 5.91 Å². The number of carbonyl (C=O) groups is 1. The Morgan fingerprint density at radius 3 is 2.57 bits per heavy atom. The molecular formula is C24H30N4O2. The summed E-state index contributed by atoms with van der Waals surface area (Å²) in [5.41, 5.74) is 1.03. The fraction of sp³-hybridized carbons (Fsp3) is 0.625. The largest absolute Gasteiger partial charge is 0.390 e. The summed E-state index contributed by atoms with van der Waals surface area (Å²) in [6.45, 7) is 5.19. The Hall–Kier alpha value is -2.21. The standard InChI is InChI=1S/C24H30N4O2/c1-23(2)6-8-27(20-16-9-15-10-17(20)13-24(30,11-15)12-16)22(29)18-14-26-28(21(18)23)19-5-3-4-7-25-19/h3-5,7,14-17,20,30H,6,8-13H2,1-2H3/t15?,16-,17+,20?,24?. The van der Waals surface area contributed by atoms with E-state index in [1.54, 1.807) is 12.4 Å². The van der Waals surface area contributed by atoms with Crippen molar-refractivity contribution in [3.05, 3.63) is 41.9 Å². The first-order valence-corrected chi connectivity index (χ1v) is 11.4. The number of hydrogen-bond donors (Lipinski definition) is 1. The van der Waals surface area contributed by atoms with Gasteiger partial charge in [-0.2, -0.15) is 5.10 Å². The smallest absolute Gasteiger partial charge is 0.257 e. The molecule has 0 spiro atoms. The fourth-order valence-corrected chi connectivity index (χ4v) is 7.33. The van der Waals surface area contributed by atoms with E-state index in [9.17, 15) is 9.90 Å². The predicted octanol–water partition coefficient (Wildman–Crippen LogP) is 3.33. The van der Waals surface area contributed by atoms with E-state index in [0.29, 0.717) is 17.8 Å². The highest BCUT2D eigenvalue weighted by Gasteiger charge is 2.57. The van der Waals surface area contributed by atoms with Crippen molar-refractivity contribution >= 4 is 5.91 Å². The first-order chi connectivity index (χ1) is 14.3. The molecule has 4 aliphatic carbocycles. The molecule has 0 saturated heterocycles. The van der Waals surface area contributed by atoms with E-state index < -0.39 is 5.60 Å². The van der Waals surface area contributed by atoms with E-state index in [0.717, 1.165) is 62.1 Å². The van der Waals surface area contributed by atoms with Crippen LogP contribution in [0.1, 0.15) is 68.4 Å². The molecule has 2 aromatic rings. The molecule has 0 aromatic carbocycles. The van der Waals surface area contributed by atoms with Gasteiger partial charge in [0.1, 0.15) is 0 Å². The van der Waals surface area contributed by atoms with Gasteiger partial charge in [-0.25, -0.2) is 9.67 Å². The third kappa shape index (κ3) is 2.62. The summed E-state index contributed by atoms with van der Waals surface area (Å²) in [5.74, 6) is 2.37. The lowest BCUT2D eigenvalue weighted by molar-refractivity contribution is -0.154. The summed E-state index contributed by atoms with van der Waals surface area (Å²) in [6, 6.07) is 6.04. The molecular weight excluding hydrogens is 376 g/mol. The number of fused-ring (bicyclic) bond motifs is 1. The van der Waals surface area contributed by atoms with Gasteiger partial charge in [0, 0.05) is 24.2 Å². The number of carbonyl (C=O) groups excluding carboxylic acids is 1. The van der Waals surface area contributed by atoms with Crippen molar-refractivity contribution in [3.63, 3.8) is 0 Å². The summed E-state index contributed by atoms with van der Waals surface area (Å²) in [5, 5.41) is 15.6. The fourth-order valence-electron chi connectivity index (χ4n) is 7.33. The second kappa shape index (κ2) is 6.16. The van der Waals surface area contributed by atoms with Crippen LogP contribution in [0.3, 0.4) is 0 Å². The zero-order valence-corrected chi connectivity index (χ0v) is 17.8. The average Bonchev–Trinajstić information content (AvgIpc) is 3.11. The van der Waals surface area contributed by atoms with Gasteiger partial charge < -0.3 is 10.0 Å². The Balaban J connectivity index is 1.40. The third-order valence-corrected chi connectivity index (χ3v) is 8.30. The minimum absolute atomic E-state index is 0.113. The lowest BCUT2D eigenvalue weighted by atomic mass is 9.52. The molecule has 6 nitrogen and oxygen atoms in total. The maximum absolute atomic E-state index is 13.9. The van der Waals surface area contributed by atoms with Crippen molar-refractivity contribution in [1.29, 1.82) is 0 Å². The van der Waals surface area contributed by atoms with Crippen LogP contribution in [0.15, 0.2) is 30.6 Å². The van der Waals surface area contributed by atoms with Crippen molar-refractivity contribution in [3.8, 4) is 5.82 Å². The van der Waals surface area contributed by atoms with Crippen LogP contribution in [0.5, 0.6) is 0 Å². The Morgan fingerprint density at radius 2 is 1.90 bits per heavy atom. The van der Waals surface area contributed by atoms with Crippen molar-refractivity contribution in [1.82, 2.24) is 19.7 Å². The predicted molar refractivity (Wildman–Crippen MR) is 112 cm³/mol. The summed E-state index contributed by atoms with van der Waals surface area (Å²) in [4.78, 5) is 20.5. The quantitative estimate of drug-likeness (QED) is 0.830. The average molecular weight is 407 g/mol. The van der Waals surface area contributed by atoms with E-state index in [1.165, 1.54) is 0 Å². The molecule has 0 radical (unpaired) electrons. The Labute approximate surface area is 177 Å². The molecule has 2 aromatic heterocycles. The number of nitrogens with zero attached hydrogens (tertiary/aromatic N) is 4. The molecule has 3 heterocycles. The van der Waals surface area contributed by atoms with Gasteiger partial charge in [0.2, 0.25) is 0 Å². The van der Waals surface area contributed by atoms with Crippen LogP contribution in [0.4, 0.5) is 0 Å². The summed E-state index contributed by atoms with van der Waals surface area (Å²) in [7, 11) is 0. The second-order valence-electron chi connectivity index (χ2n) is 10.8. The topological polar surface area (TPSA) is 71.2 Å². The van der Waals surface area contributed by atoms with E-state index >= 15 is 0 Å². The maximum Gasteiger partial charge on any atom is 0.257 e. The molecule has 158 valence electrons. The molecule has 5 atom stereocenters. The number of hydrogen-bond acceptors (Lipinski definition) is 4. The highest BCUT2D eigenvalue weighted by Crippen LogP contribution is 2.57. The van der Waals surface area contributed by atoms with Crippen LogP contribution in [-0.2, 0) is 5.41 Å². The van der Waals surface area contributed by atoms with Crippen molar-refractivity contribution < 1.29 is 9.90 Å². The van der Waals surface area contributed by atoms with Gasteiger partial charge in [-0.05, 0) is 68.4 Å². The third-order valence-electron chi connectivity index (χ3n) is 8.30. The SMILES string of the molecule is CC1(C)CCN(C2[C@@H]3CC4C[C@H]2CC(O)(C4)C3)C(=O)c2cnn(-c3ccccn3)c21. The Morgan fingerprint density at radius 1 is 1.13 bits per heavy atom. The van der Waals surface area contributed by atoms with Gasteiger partial charge in [0.15, 0.2) is 5.82 Å². The van der Waals surface area contributed by atoms with Crippen LogP contribution in [-0.4, -0.2) is 48.9 Å². The lowest BCUT2D eigenvalue weighted by Crippen LogP contribution is -2.62. The first-order valence-electron chi connectivity index (χ1n) is 11.4. The molecule has 4 bridgehead atoms. The zero-order chi connectivity index (χ0) is 20.7. The highest BCUT2D eigenvalue weighted by atomic mass is 16.3. The van der Waals surface area contributed by atoms with Crippen molar-refractivity contribution in [2.75, 3.05) is 6.54 Å². The Bertz CT molecular complexity index is 982. The molecule has 30 heavy (non-hydrogen) atoms. The van der Waals surface area contributed by atoms with Gasteiger partial charge in [-0.15, -0.1) is 0 Å². The molecule has 6 heteroatoms. The molecule has 7 rings (SSSR count). The number of aliphatic hydroxyl groups is 1. The monoisotopic (exact) mass is 406 g/mol. The first kappa shape index (κ1) is 18.6. The van der Waals surface area contributed by atoms with E-state index in [4.69, 9.17) is 0 Å². The number of rotatable bonds is 2. The zero-order valence-electron chi connectivity index (χ0n) is 17.8. The number of aromatic nitrogens is 3. The normalized spacial score (nSPS) is 36.6. The second-order valence-corrected chi connectivity index (χ2v) is 10.8.